The Bertz CT molecular complexity index is 1490. The summed E-state index contributed by atoms with van der Waals surface area (Å²) in [6.07, 6.45) is -3.44. The maximum atomic E-state index is 13.5. The van der Waals surface area contributed by atoms with Crippen LogP contribution in [0.25, 0.3) is 21.8 Å². The Balaban J connectivity index is 1.44. The summed E-state index contributed by atoms with van der Waals surface area (Å²) >= 11 is 0. The van der Waals surface area contributed by atoms with Gasteiger partial charge in [0.15, 0.2) is 0 Å². The predicted molar refractivity (Wildman–Crippen MR) is 126 cm³/mol. The van der Waals surface area contributed by atoms with Crippen molar-refractivity contribution in [3.05, 3.63) is 72.1 Å². The molecule has 0 bridgehead atoms. The molecule has 2 heterocycles. The highest BCUT2D eigenvalue weighted by Crippen LogP contribution is 2.35. The minimum Gasteiger partial charge on any atom is -0.377 e. The molecule has 0 saturated carbocycles. The lowest BCUT2D eigenvalue weighted by molar-refractivity contribution is -0.137. The second-order valence-electron chi connectivity index (χ2n) is 8.64. The van der Waals surface area contributed by atoms with Crippen LogP contribution in [0.5, 0.6) is 0 Å². The molecule has 0 spiro atoms. The first kappa shape index (κ1) is 23.8. The summed E-state index contributed by atoms with van der Waals surface area (Å²) < 4.78 is 75.2. The highest BCUT2D eigenvalue weighted by Gasteiger charge is 2.34. The number of ether oxygens (including phenoxy) is 1. The molecule has 0 unspecified atom stereocenters. The van der Waals surface area contributed by atoms with Crippen LogP contribution in [0, 0.1) is 0 Å². The van der Waals surface area contributed by atoms with Crippen LogP contribution >= 0.6 is 0 Å². The Hall–Kier alpha value is -2.95. The summed E-state index contributed by atoms with van der Waals surface area (Å²) in [5.41, 5.74) is 0.0766. The summed E-state index contributed by atoms with van der Waals surface area (Å²) in [5.74, 6) is 0.525. The molecule has 5 rings (SSSR count). The van der Waals surface area contributed by atoms with Gasteiger partial charge in [-0.15, -0.1) is 0 Å². The van der Waals surface area contributed by atoms with Gasteiger partial charge in [-0.1, -0.05) is 36.4 Å². The van der Waals surface area contributed by atoms with Gasteiger partial charge >= 0.3 is 6.18 Å². The number of hydrogen-bond acceptors (Lipinski definition) is 4. The first-order valence-corrected chi connectivity index (χ1v) is 12.7. The second kappa shape index (κ2) is 8.92. The first-order valence-electron chi connectivity index (χ1n) is 11.2. The molecule has 0 N–H and O–H groups in total. The maximum absolute atomic E-state index is 13.5. The normalized spacial score (nSPS) is 16.3. The van der Waals surface area contributed by atoms with Gasteiger partial charge in [0.2, 0.25) is 10.0 Å². The van der Waals surface area contributed by atoms with Crippen LogP contribution in [-0.2, 0) is 27.5 Å². The molecule has 0 amide bonds. The minimum atomic E-state index is -4.46. The molecule has 1 aromatic heterocycles. The van der Waals surface area contributed by atoms with Gasteiger partial charge in [0.25, 0.3) is 0 Å². The number of fused-ring (bicyclic) bond motifs is 2. The molecule has 10 heteroatoms. The fourth-order valence-corrected chi connectivity index (χ4v) is 6.55. The van der Waals surface area contributed by atoms with Crippen molar-refractivity contribution in [1.29, 1.82) is 0 Å². The Morgan fingerprint density at radius 2 is 1.74 bits per heavy atom. The van der Waals surface area contributed by atoms with Crippen molar-refractivity contribution in [2.75, 3.05) is 20.2 Å². The zero-order valence-electron chi connectivity index (χ0n) is 19.0. The molecular weight excluding hydrogens is 479 g/mol. The van der Waals surface area contributed by atoms with Gasteiger partial charge in [-0.3, -0.25) is 0 Å². The number of sulfonamides is 1. The van der Waals surface area contributed by atoms with Gasteiger partial charge in [0, 0.05) is 31.6 Å². The number of rotatable bonds is 5. The number of hydrogen-bond donors (Lipinski definition) is 0. The number of piperidine rings is 1. The van der Waals surface area contributed by atoms with E-state index in [4.69, 9.17) is 4.74 Å². The zero-order chi connectivity index (χ0) is 24.8. The van der Waals surface area contributed by atoms with E-state index < -0.39 is 21.8 Å². The van der Waals surface area contributed by atoms with E-state index in [-0.39, 0.29) is 23.1 Å². The standard InChI is InChI=1S/C25H24F3N3O3S/c1-34-16-24-29-21-15-18(25(26,27)28)9-10-22(21)31(24)19-11-13-30(14-12-19)35(32,33)23-8-4-6-17-5-2-3-7-20(17)23/h2-10,15,19H,11-14,16H2,1H3. The van der Waals surface area contributed by atoms with Crippen molar-refractivity contribution in [2.45, 2.75) is 36.6 Å². The molecule has 0 atom stereocenters. The average molecular weight is 504 g/mol. The van der Waals surface area contributed by atoms with E-state index in [9.17, 15) is 21.6 Å². The summed E-state index contributed by atoms with van der Waals surface area (Å²) in [6.45, 7) is 0.733. The highest BCUT2D eigenvalue weighted by molar-refractivity contribution is 7.89. The molecule has 1 aliphatic heterocycles. The fourth-order valence-electron chi connectivity index (χ4n) is 4.86. The van der Waals surface area contributed by atoms with Crippen LogP contribution in [0.15, 0.2) is 65.6 Å². The lowest BCUT2D eigenvalue weighted by Gasteiger charge is -2.33. The summed E-state index contributed by atoms with van der Waals surface area (Å²) in [5, 5.41) is 1.54. The fraction of sp³-hybridized carbons (Fsp3) is 0.320. The van der Waals surface area contributed by atoms with Gasteiger partial charge < -0.3 is 9.30 Å². The zero-order valence-corrected chi connectivity index (χ0v) is 19.8. The number of alkyl halides is 3. The van der Waals surface area contributed by atoms with Crippen molar-refractivity contribution in [2.24, 2.45) is 0 Å². The largest absolute Gasteiger partial charge is 0.416 e. The number of aromatic nitrogens is 2. The van der Waals surface area contributed by atoms with E-state index >= 15 is 0 Å². The Morgan fingerprint density at radius 3 is 2.46 bits per heavy atom. The third-order valence-electron chi connectivity index (χ3n) is 6.52. The van der Waals surface area contributed by atoms with Crippen LogP contribution in [0.1, 0.15) is 30.3 Å². The Kier molecular flexibility index (Phi) is 6.06. The molecule has 4 aromatic rings. The quantitative estimate of drug-likeness (QED) is 0.367. The van der Waals surface area contributed by atoms with E-state index in [2.05, 4.69) is 4.98 Å². The van der Waals surface area contributed by atoms with Gasteiger partial charge in [0.1, 0.15) is 12.4 Å². The number of benzene rings is 3. The first-order chi connectivity index (χ1) is 16.7. The van der Waals surface area contributed by atoms with E-state index in [1.54, 1.807) is 18.2 Å². The summed E-state index contributed by atoms with van der Waals surface area (Å²) in [6, 6.07) is 16.0. The number of imidazole rings is 1. The van der Waals surface area contributed by atoms with E-state index in [1.807, 2.05) is 28.8 Å². The molecule has 184 valence electrons. The molecule has 3 aromatic carbocycles. The smallest absolute Gasteiger partial charge is 0.377 e. The van der Waals surface area contributed by atoms with Crippen molar-refractivity contribution < 1.29 is 26.3 Å². The molecule has 1 aliphatic rings. The summed E-state index contributed by atoms with van der Waals surface area (Å²) in [7, 11) is -2.20. The van der Waals surface area contributed by atoms with Gasteiger partial charge in [-0.05, 0) is 42.5 Å². The monoisotopic (exact) mass is 503 g/mol. The molecule has 1 fully saturated rings. The van der Waals surface area contributed by atoms with E-state index in [1.165, 1.54) is 17.5 Å². The SMILES string of the molecule is COCc1nc2cc(C(F)(F)F)ccc2n1C1CCN(S(=O)(=O)c2cccc3ccccc23)CC1. The topological polar surface area (TPSA) is 64.4 Å². The van der Waals surface area contributed by atoms with Crippen LogP contribution in [0.2, 0.25) is 0 Å². The molecule has 0 aliphatic carbocycles. The Labute approximate surface area is 201 Å². The molecule has 6 nitrogen and oxygen atoms in total. The van der Waals surface area contributed by atoms with Crippen LogP contribution < -0.4 is 0 Å². The van der Waals surface area contributed by atoms with Crippen molar-refractivity contribution in [1.82, 2.24) is 13.9 Å². The minimum absolute atomic E-state index is 0.110. The van der Waals surface area contributed by atoms with Crippen molar-refractivity contribution in [3.8, 4) is 0 Å². The van der Waals surface area contributed by atoms with Crippen LogP contribution in [0.4, 0.5) is 13.2 Å². The van der Waals surface area contributed by atoms with E-state index in [0.29, 0.717) is 42.7 Å². The van der Waals surface area contributed by atoms with Crippen LogP contribution in [-0.4, -0.2) is 42.5 Å². The van der Waals surface area contributed by atoms with Crippen molar-refractivity contribution in [3.63, 3.8) is 0 Å². The maximum Gasteiger partial charge on any atom is 0.416 e. The molecule has 35 heavy (non-hydrogen) atoms. The lowest BCUT2D eigenvalue weighted by atomic mass is 10.1. The molecule has 1 saturated heterocycles. The highest BCUT2D eigenvalue weighted by atomic mass is 32.2. The summed E-state index contributed by atoms with van der Waals surface area (Å²) in [4.78, 5) is 4.69. The second-order valence-corrected chi connectivity index (χ2v) is 10.6. The third kappa shape index (κ3) is 4.30. The van der Waals surface area contributed by atoms with Gasteiger partial charge in [0.05, 0.1) is 21.5 Å². The molecule has 0 radical (unpaired) electrons. The average Bonchev–Trinajstić information content (AvgIpc) is 3.20. The Morgan fingerprint density at radius 1 is 1.03 bits per heavy atom. The van der Waals surface area contributed by atoms with E-state index in [0.717, 1.165) is 17.5 Å². The van der Waals surface area contributed by atoms with Crippen molar-refractivity contribution >= 4 is 31.8 Å². The number of halogens is 3. The molecular formula is C25H24F3N3O3S. The number of methoxy groups -OCH3 is 1. The van der Waals surface area contributed by atoms with Gasteiger partial charge in [-0.25, -0.2) is 13.4 Å². The third-order valence-corrected chi connectivity index (χ3v) is 8.48. The number of nitrogens with zero attached hydrogens (tertiary/aromatic N) is 3. The lowest BCUT2D eigenvalue weighted by Crippen LogP contribution is -2.39. The van der Waals surface area contributed by atoms with Gasteiger partial charge in [-0.2, -0.15) is 17.5 Å². The van der Waals surface area contributed by atoms with Crippen LogP contribution in [0.3, 0.4) is 0 Å². The predicted octanol–water partition coefficient (Wildman–Crippen LogP) is 5.38.